The number of hydrogen-bond donors (Lipinski definition) is 0. The van der Waals surface area contributed by atoms with Crippen LogP contribution in [-0.4, -0.2) is 22.2 Å². The third-order valence-corrected chi connectivity index (χ3v) is 21.2. The van der Waals surface area contributed by atoms with Crippen molar-refractivity contribution in [2.24, 2.45) is 0 Å². The molecule has 13 aromatic carbocycles. The molecule has 0 aliphatic heterocycles. The molecule has 0 saturated heterocycles. The average molecular weight is 1310 g/mol. The van der Waals surface area contributed by atoms with Crippen molar-refractivity contribution in [2.45, 2.75) is 52.4 Å². The van der Waals surface area contributed by atoms with E-state index >= 15 is 0 Å². The number of pyridine rings is 1. The van der Waals surface area contributed by atoms with E-state index in [1.54, 1.807) is 60.8 Å². The second-order valence-electron chi connectivity index (χ2n) is 25.3. The number of benzene rings is 13. The molecule has 98 heavy (non-hydrogen) atoms. The minimum atomic E-state index is -6.41. The van der Waals surface area contributed by atoms with Crippen molar-refractivity contribution < 1.29 is 53.2 Å². The van der Waals surface area contributed by atoms with Gasteiger partial charge in [-0.05, 0) is 171 Å². The molecular formula is C92H74N4OSi. The van der Waals surface area contributed by atoms with Crippen molar-refractivity contribution >= 4 is 61.7 Å². The second kappa shape index (κ2) is 25.1. The zero-order valence-corrected chi connectivity index (χ0v) is 54.6. The number of hydrogen-bond acceptors (Lipinski definition) is 2. The Kier molecular flexibility index (Phi) is 9.06. The van der Waals surface area contributed by atoms with Gasteiger partial charge in [0.1, 0.15) is 17.3 Å². The average Bonchev–Trinajstić information content (AvgIpc) is 0.775. The predicted molar refractivity (Wildman–Crippen MR) is 410 cm³/mol. The van der Waals surface area contributed by atoms with Crippen LogP contribution in [0.25, 0.3) is 106 Å². The summed E-state index contributed by atoms with van der Waals surface area (Å²) in [5.74, 6) is 1.14. The van der Waals surface area contributed by atoms with Crippen molar-refractivity contribution in [2.75, 3.05) is 0 Å². The van der Waals surface area contributed by atoms with E-state index in [2.05, 4.69) is 27.1 Å². The number of nitrogens with zero attached hydrogens (tertiary/aromatic N) is 4. The van der Waals surface area contributed by atoms with Gasteiger partial charge < -0.3 is 4.74 Å². The maximum absolute atomic E-state index is 10.9. The zero-order valence-electron chi connectivity index (χ0n) is 85.6. The first kappa shape index (κ1) is 35.3. The van der Waals surface area contributed by atoms with Gasteiger partial charge >= 0.3 is 0 Å². The number of fused-ring (bicyclic) bond motifs is 4. The maximum Gasteiger partial charge on any atom is 0.269 e. The normalized spacial score (nSPS) is 16.6. The van der Waals surface area contributed by atoms with Crippen LogP contribution in [0.2, 0.25) is 0 Å². The fraction of sp³-hybridized carbons (Fsp3) is 0.0870. The van der Waals surface area contributed by atoms with Gasteiger partial charge in [-0.1, -0.05) is 296 Å². The SMILES string of the molecule is [2H]c1c([2H])c([2H])c(-c2c([2H])c(-c3cccc(-c4cccc(C(C)(C)C)c4)c3-[n+]3[c-]n(-c4cccc(Oc5ccc6c7ccccc7n(-c7cc(C(C)(C)C)ccn7)c6c5)c4)c4cc(-c5c([2H])c([2H])c([2H])c([Si](c6c([2H])c([2H])c([2H])c([2H])c6[2H])(c6c([2H])c([2H])c([2H])c([2H])c6[2H])c6c([2H])c([2H])c([2H])c([2H])c6[2H])c5[2H])ccc43)c([2H])c(-c3c([2H])c([2H])c([2H])c([2H])c3[2H])c2[2H])c([2H])c1[2H]. The number of aromatic nitrogens is 4. The standard InChI is InChI=1S/C92H74N4OSi/c1-91(2,3)72-34-24-33-68(57-72)81-45-27-46-82(71-55-69(64-28-12-7-13-29-64)54-70(56-71)65-30-14-8-15-31-65)90(81)95-63-94(74-35-26-36-75(61-74)97-76-49-50-84-83-44-22-23-47-85(83)96(87(84)62-76)89-60-73(52-53-93-89)92(4,5)6)88-59-67(48-51-86(88)95)66-32-25-43-80(58-66)98(77-37-16-9-17-38-77,78-39-18-10-19-40-78)79-41-20-11-21-42-79/h7-62H,1-6H3/i7D,8D,9D,10D,11D,12D,13D,14D,15D,16D,17D,18D,19D,20D,21D,25D,28D,29D,30D,31D,32D,37D,38D,39D,40D,41D,42D,43D,54D,55D,56D,58D. The van der Waals surface area contributed by atoms with E-state index in [4.69, 9.17) is 22.1 Å². The summed E-state index contributed by atoms with van der Waals surface area (Å²) in [6.07, 6.45) is 5.26. The number of para-hydroxylation sites is 2. The molecule has 0 bridgehead atoms. The summed E-state index contributed by atoms with van der Waals surface area (Å²) in [5.41, 5.74) is -0.970. The van der Waals surface area contributed by atoms with Crippen molar-refractivity contribution in [3.8, 4) is 84.3 Å². The summed E-state index contributed by atoms with van der Waals surface area (Å²) in [7, 11) is -6.41. The van der Waals surface area contributed by atoms with E-state index in [-0.39, 0.29) is 50.3 Å². The zero-order chi connectivity index (χ0) is 94.4. The molecule has 0 atom stereocenters. The Balaban J connectivity index is 1.06. The highest BCUT2D eigenvalue weighted by Crippen LogP contribution is 2.42. The third kappa shape index (κ3) is 11.3. The quantitative estimate of drug-likeness (QED) is 0.0471. The van der Waals surface area contributed by atoms with Gasteiger partial charge in [0.2, 0.25) is 0 Å². The van der Waals surface area contributed by atoms with Gasteiger partial charge in [-0.25, -0.2) is 4.98 Å². The van der Waals surface area contributed by atoms with Crippen LogP contribution in [-0.2, 0) is 10.8 Å². The lowest BCUT2D eigenvalue weighted by atomic mass is 9.84. The van der Waals surface area contributed by atoms with E-state index in [1.807, 2.05) is 86.0 Å². The van der Waals surface area contributed by atoms with E-state index in [0.717, 1.165) is 27.4 Å². The first-order valence-corrected chi connectivity index (χ1v) is 33.3. The maximum atomic E-state index is 10.9. The van der Waals surface area contributed by atoms with Crippen LogP contribution in [0.4, 0.5) is 0 Å². The largest absolute Gasteiger partial charge is 0.458 e. The van der Waals surface area contributed by atoms with Crippen LogP contribution in [0.3, 0.4) is 0 Å². The van der Waals surface area contributed by atoms with Crippen LogP contribution < -0.4 is 30.1 Å². The predicted octanol–water partition coefficient (Wildman–Crippen LogP) is 20.3. The highest BCUT2D eigenvalue weighted by molar-refractivity contribution is 7.20. The molecule has 0 radical (unpaired) electrons. The third-order valence-electron chi connectivity index (χ3n) is 17.2. The lowest BCUT2D eigenvalue weighted by Crippen LogP contribution is -2.74. The summed E-state index contributed by atoms with van der Waals surface area (Å²) >= 11 is 0. The van der Waals surface area contributed by atoms with Crippen molar-refractivity contribution in [1.29, 1.82) is 0 Å². The minimum Gasteiger partial charge on any atom is -0.458 e. The smallest absolute Gasteiger partial charge is 0.269 e. The number of ether oxygens (including phenoxy) is 1. The molecule has 0 N–H and O–H groups in total. The molecule has 0 spiro atoms. The molecule has 16 aromatic rings. The lowest BCUT2D eigenvalue weighted by Gasteiger charge is -2.34. The topological polar surface area (TPSA) is 35.9 Å². The molecule has 0 aliphatic rings. The molecule has 0 saturated carbocycles. The molecule has 0 aliphatic carbocycles. The number of imidazole rings is 1. The molecule has 3 aromatic heterocycles. The summed E-state index contributed by atoms with van der Waals surface area (Å²) in [5, 5.41) is -2.47. The lowest BCUT2D eigenvalue weighted by molar-refractivity contribution is -0.571. The molecule has 5 nitrogen and oxygen atoms in total. The molecule has 16 rings (SSSR count). The first-order valence-electron chi connectivity index (χ1n) is 47.3. The molecule has 0 amide bonds. The van der Waals surface area contributed by atoms with Gasteiger partial charge in [0.05, 0.1) is 77.3 Å². The van der Waals surface area contributed by atoms with Gasteiger partial charge in [0, 0.05) is 23.0 Å². The van der Waals surface area contributed by atoms with Crippen LogP contribution in [0.15, 0.2) is 339 Å². The van der Waals surface area contributed by atoms with Gasteiger partial charge in [-0.2, -0.15) is 0 Å². The Morgan fingerprint density at radius 3 is 1.60 bits per heavy atom. The van der Waals surface area contributed by atoms with Crippen LogP contribution in [0.5, 0.6) is 11.5 Å². The van der Waals surface area contributed by atoms with Gasteiger partial charge in [0.25, 0.3) is 6.33 Å². The van der Waals surface area contributed by atoms with E-state index in [9.17, 15) is 31.5 Å². The minimum absolute atomic E-state index is 0.000282. The van der Waals surface area contributed by atoms with E-state index in [0.29, 0.717) is 22.6 Å². The second-order valence-corrected chi connectivity index (χ2v) is 28.8. The van der Waals surface area contributed by atoms with Crippen LogP contribution in [0, 0.1) is 6.33 Å². The Morgan fingerprint density at radius 1 is 0.398 bits per heavy atom. The highest BCUT2D eigenvalue weighted by atomic mass is 28.3. The van der Waals surface area contributed by atoms with Gasteiger partial charge in [-0.15, -0.1) is 0 Å². The van der Waals surface area contributed by atoms with E-state index < -0.39 is 261 Å². The fourth-order valence-corrected chi connectivity index (χ4v) is 16.0. The Hall–Kier alpha value is -11.7. The van der Waals surface area contributed by atoms with Crippen molar-refractivity contribution in [3.63, 3.8) is 0 Å². The van der Waals surface area contributed by atoms with Crippen molar-refractivity contribution in [3.05, 3.63) is 357 Å². The molecule has 0 unspecified atom stereocenters. The summed E-state index contributed by atoms with van der Waals surface area (Å²) in [4.78, 5) is 4.87. The van der Waals surface area contributed by atoms with Crippen LogP contribution >= 0.6 is 0 Å². The fourth-order valence-electron chi connectivity index (χ4n) is 12.4. The molecule has 472 valence electrons. The molecule has 3 heterocycles. The summed E-state index contributed by atoms with van der Waals surface area (Å²) in [6, 6.07) is 6.82. The monoisotopic (exact) mass is 1310 g/mol. The number of rotatable bonds is 14. The van der Waals surface area contributed by atoms with Crippen molar-refractivity contribution in [1.82, 2.24) is 14.1 Å². The molecular weight excluding hydrogens is 1210 g/mol. The van der Waals surface area contributed by atoms with E-state index in [1.165, 1.54) is 33.4 Å². The molecule has 6 heteroatoms. The Bertz CT molecular complexity index is 7250. The summed E-state index contributed by atoms with van der Waals surface area (Å²) in [6.45, 7) is 12.2. The highest BCUT2D eigenvalue weighted by Gasteiger charge is 2.41. The van der Waals surface area contributed by atoms with Gasteiger partial charge in [0.15, 0.2) is 8.07 Å². The van der Waals surface area contributed by atoms with Gasteiger partial charge in [-0.3, -0.25) is 13.7 Å². The molecule has 0 fully saturated rings. The van der Waals surface area contributed by atoms with Crippen LogP contribution in [0.1, 0.15) is 96.5 Å². The first-order chi connectivity index (χ1) is 61.1. The Labute approximate surface area is 620 Å². The Morgan fingerprint density at radius 2 is 0.949 bits per heavy atom. The summed E-state index contributed by atoms with van der Waals surface area (Å²) < 4.78 is 316.